The van der Waals surface area contributed by atoms with E-state index in [1.807, 2.05) is 12.1 Å². The summed E-state index contributed by atoms with van der Waals surface area (Å²) in [4.78, 5) is 9.52. The van der Waals surface area contributed by atoms with Crippen molar-refractivity contribution in [3.05, 3.63) is 18.3 Å². The van der Waals surface area contributed by atoms with Crippen LogP contribution in [0.4, 0.5) is 11.5 Å². The van der Waals surface area contributed by atoms with Gasteiger partial charge in [0.1, 0.15) is 5.82 Å². The molecule has 0 aromatic carbocycles. The molecule has 0 amide bonds. The maximum atomic E-state index is 5.69. The van der Waals surface area contributed by atoms with Gasteiger partial charge in [-0.1, -0.05) is 6.42 Å². The molecule has 4 nitrogen and oxygen atoms in total. The summed E-state index contributed by atoms with van der Waals surface area (Å²) in [5.74, 6) is 1.08. The van der Waals surface area contributed by atoms with Crippen LogP contribution in [0.3, 0.4) is 0 Å². The molecule has 0 unspecified atom stereocenters. The summed E-state index contributed by atoms with van der Waals surface area (Å²) >= 11 is 0. The molecule has 3 rings (SSSR count). The second-order valence-electron chi connectivity index (χ2n) is 5.76. The number of hydrogen-bond donors (Lipinski definition) is 1. The molecule has 0 saturated carbocycles. The second kappa shape index (κ2) is 5.78. The van der Waals surface area contributed by atoms with E-state index >= 15 is 0 Å². The lowest BCUT2D eigenvalue weighted by atomic mass is 10.00. The fourth-order valence-corrected chi connectivity index (χ4v) is 3.33. The van der Waals surface area contributed by atoms with Crippen LogP contribution in [0.1, 0.15) is 32.1 Å². The third-order valence-electron chi connectivity index (χ3n) is 4.47. The first-order valence-electron chi connectivity index (χ1n) is 7.53. The lowest BCUT2D eigenvalue weighted by Crippen LogP contribution is -2.46. The van der Waals surface area contributed by atoms with E-state index in [4.69, 9.17) is 5.73 Å². The van der Waals surface area contributed by atoms with E-state index in [1.165, 1.54) is 45.2 Å². The first-order valence-corrected chi connectivity index (χ1v) is 7.53. The van der Waals surface area contributed by atoms with Crippen LogP contribution < -0.4 is 10.6 Å². The molecule has 104 valence electrons. The number of nitrogens with two attached hydrogens (primary N) is 1. The normalized spacial score (nSPS) is 22.6. The molecular weight excluding hydrogens is 236 g/mol. The number of anilines is 2. The number of aromatic nitrogens is 1. The lowest BCUT2D eigenvalue weighted by molar-refractivity contribution is 0.141. The van der Waals surface area contributed by atoms with Crippen LogP contribution in [-0.4, -0.2) is 42.1 Å². The van der Waals surface area contributed by atoms with Crippen molar-refractivity contribution in [1.82, 2.24) is 9.88 Å². The molecule has 0 atom stereocenters. The number of pyridine rings is 1. The molecule has 2 N–H and O–H groups in total. The molecule has 0 spiro atoms. The monoisotopic (exact) mass is 260 g/mol. The molecule has 19 heavy (non-hydrogen) atoms. The summed E-state index contributed by atoms with van der Waals surface area (Å²) in [6.45, 7) is 4.87. The van der Waals surface area contributed by atoms with Gasteiger partial charge in [0.25, 0.3) is 0 Å². The van der Waals surface area contributed by atoms with Gasteiger partial charge in [-0.15, -0.1) is 0 Å². The van der Waals surface area contributed by atoms with Gasteiger partial charge in [0, 0.05) is 19.1 Å². The minimum Gasteiger partial charge on any atom is -0.397 e. The quantitative estimate of drug-likeness (QED) is 0.884. The van der Waals surface area contributed by atoms with Crippen LogP contribution in [0.15, 0.2) is 18.3 Å². The van der Waals surface area contributed by atoms with Crippen LogP contribution in [0.25, 0.3) is 0 Å². The molecule has 2 aliphatic rings. The molecule has 2 fully saturated rings. The third kappa shape index (κ3) is 3.00. The molecule has 3 heterocycles. The van der Waals surface area contributed by atoms with Crippen molar-refractivity contribution in [3.63, 3.8) is 0 Å². The highest BCUT2D eigenvalue weighted by atomic mass is 15.2. The van der Waals surface area contributed by atoms with E-state index < -0.39 is 0 Å². The summed E-state index contributed by atoms with van der Waals surface area (Å²) in [6, 6.07) is 4.78. The molecule has 0 bridgehead atoms. The molecule has 1 aromatic heterocycles. The van der Waals surface area contributed by atoms with Crippen LogP contribution in [0, 0.1) is 0 Å². The topological polar surface area (TPSA) is 45.4 Å². The smallest absolute Gasteiger partial charge is 0.128 e. The summed E-state index contributed by atoms with van der Waals surface area (Å²) in [6.07, 6.45) is 8.49. The Morgan fingerprint density at radius 1 is 1.00 bits per heavy atom. The van der Waals surface area contributed by atoms with Gasteiger partial charge < -0.3 is 15.5 Å². The number of piperidine rings is 2. The highest BCUT2D eigenvalue weighted by molar-refractivity contribution is 5.46. The Morgan fingerprint density at radius 2 is 1.74 bits per heavy atom. The average Bonchev–Trinajstić information content (AvgIpc) is 2.49. The molecule has 4 heteroatoms. The van der Waals surface area contributed by atoms with Crippen molar-refractivity contribution >= 4 is 11.5 Å². The highest BCUT2D eigenvalue weighted by Crippen LogP contribution is 2.23. The maximum absolute atomic E-state index is 5.69. The Hall–Kier alpha value is -1.29. The predicted molar refractivity (Wildman–Crippen MR) is 79.3 cm³/mol. The number of nitrogen functional groups attached to an aromatic ring is 1. The zero-order valence-electron chi connectivity index (χ0n) is 11.6. The standard InChI is InChI=1S/C15H24N4/c16-13-4-5-15(17-12-13)19-10-6-14(7-11-19)18-8-2-1-3-9-18/h4-5,12,14H,1-3,6-11,16H2. The van der Waals surface area contributed by atoms with Gasteiger partial charge in [-0.3, -0.25) is 0 Å². The summed E-state index contributed by atoms with van der Waals surface area (Å²) in [5, 5.41) is 0. The van der Waals surface area contributed by atoms with Gasteiger partial charge in [0.15, 0.2) is 0 Å². The van der Waals surface area contributed by atoms with Gasteiger partial charge in [-0.2, -0.15) is 0 Å². The first kappa shape index (κ1) is 12.7. The zero-order valence-corrected chi connectivity index (χ0v) is 11.6. The van der Waals surface area contributed by atoms with E-state index in [0.29, 0.717) is 0 Å². The van der Waals surface area contributed by atoms with E-state index in [2.05, 4.69) is 14.8 Å². The fraction of sp³-hybridized carbons (Fsp3) is 0.667. The Bertz CT molecular complexity index is 389. The van der Waals surface area contributed by atoms with Gasteiger partial charge in [-0.05, 0) is 50.9 Å². The Morgan fingerprint density at radius 3 is 2.37 bits per heavy atom. The minimum atomic E-state index is 0.743. The molecule has 0 radical (unpaired) electrons. The van der Waals surface area contributed by atoms with Crippen molar-refractivity contribution < 1.29 is 0 Å². The zero-order chi connectivity index (χ0) is 13.1. The van der Waals surface area contributed by atoms with Crippen molar-refractivity contribution in [3.8, 4) is 0 Å². The maximum Gasteiger partial charge on any atom is 0.128 e. The number of hydrogen-bond acceptors (Lipinski definition) is 4. The summed E-state index contributed by atoms with van der Waals surface area (Å²) in [5.41, 5.74) is 6.43. The van der Waals surface area contributed by atoms with Crippen LogP contribution in [0.2, 0.25) is 0 Å². The van der Waals surface area contributed by atoms with Crippen molar-refractivity contribution in [1.29, 1.82) is 0 Å². The molecule has 1 aromatic rings. The lowest BCUT2D eigenvalue weighted by Gasteiger charge is -2.40. The largest absolute Gasteiger partial charge is 0.397 e. The van der Waals surface area contributed by atoms with Gasteiger partial charge in [-0.25, -0.2) is 4.98 Å². The van der Waals surface area contributed by atoms with Crippen LogP contribution in [0.5, 0.6) is 0 Å². The molecule has 0 aliphatic carbocycles. The van der Waals surface area contributed by atoms with Gasteiger partial charge in [0.05, 0.1) is 11.9 Å². The number of likely N-dealkylation sites (tertiary alicyclic amines) is 1. The number of rotatable bonds is 2. The molecule has 2 saturated heterocycles. The van der Waals surface area contributed by atoms with E-state index in [-0.39, 0.29) is 0 Å². The number of nitrogens with zero attached hydrogens (tertiary/aromatic N) is 3. The van der Waals surface area contributed by atoms with Crippen molar-refractivity contribution in [2.75, 3.05) is 36.8 Å². The molecular formula is C15H24N4. The van der Waals surface area contributed by atoms with E-state index in [9.17, 15) is 0 Å². The van der Waals surface area contributed by atoms with E-state index in [0.717, 1.165) is 30.6 Å². The highest BCUT2D eigenvalue weighted by Gasteiger charge is 2.25. The predicted octanol–water partition coefficient (Wildman–Crippen LogP) is 2.12. The third-order valence-corrected chi connectivity index (χ3v) is 4.47. The van der Waals surface area contributed by atoms with Crippen molar-refractivity contribution in [2.45, 2.75) is 38.1 Å². The Kier molecular flexibility index (Phi) is 3.87. The second-order valence-corrected chi connectivity index (χ2v) is 5.76. The van der Waals surface area contributed by atoms with Crippen molar-refractivity contribution in [2.24, 2.45) is 0 Å². The van der Waals surface area contributed by atoms with Crippen LogP contribution in [-0.2, 0) is 0 Å². The van der Waals surface area contributed by atoms with E-state index in [1.54, 1.807) is 6.20 Å². The van der Waals surface area contributed by atoms with Crippen LogP contribution >= 0.6 is 0 Å². The summed E-state index contributed by atoms with van der Waals surface area (Å²) < 4.78 is 0. The molecule has 2 aliphatic heterocycles. The Balaban J connectivity index is 1.55. The first-order chi connectivity index (χ1) is 9.33. The average molecular weight is 260 g/mol. The summed E-state index contributed by atoms with van der Waals surface area (Å²) in [7, 11) is 0. The minimum absolute atomic E-state index is 0.743. The van der Waals surface area contributed by atoms with Gasteiger partial charge >= 0.3 is 0 Å². The SMILES string of the molecule is Nc1ccc(N2CCC(N3CCCCC3)CC2)nc1. The fourth-order valence-electron chi connectivity index (χ4n) is 3.33. The van der Waals surface area contributed by atoms with Gasteiger partial charge in [0.2, 0.25) is 0 Å². The Labute approximate surface area is 115 Å².